The molecule has 2 aromatic heterocycles. The van der Waals surface area contributed by atoms with Crippen molar-refractivity contribution < 1.29 is 0 Å². The Morgan fingerprint density at radius 3 is 2.73 bits per heavy atom. The van der Waals surface area contributed by atoms with E-state index < -0.39 is 0 Å². The highest BCUT2D eigenvalue weighted by Crippen LogP contribution is 2.09. The second-order valence-corrected chi connectivity index (χ2v) is 3.66. The van der Waals surface area contributed by atoms with Crippen LogP contribution in [-0.4, -0.2) is 14.8 Å². The van der Waals surface area contributed by atoms with Crippen molar-refractivity contribution in [3.8, 4) is 0 Å². The number of hydrogen-bond acceptors (Lipinski definition) is 3. The van der Waals surface area contributed by atoms with Gasteiger partial charge in [0.1, 0.15) is 5.82 Å². The molecule has 0 spiro atoms. The molecule has 0 aromatic carbocycles. The number of anilines is 1. The summed E-state index contributed by atoms with van der Waals surface area (Å²) in [6.45, 7) is 4.66. The second-order valence-electron chi connectivity index (χ2n) is 3.66. The monoisotopic (exact) mass is 202 g/mol. The third-order valence-corrected chi connectivity index (χ3v) is 2.41. The molecule has 0 fully saturated rings. The number of rotatable bonds is 2. The van der Waals surface area contributed by atoms with Crippen LogP contribution in [0.5, 0.6) is 0 Å². The van der Waals surface area contributed by atoms with Gasteiger partial charge in [-0.1, -0.05) is 6.07 Å². The first kappa shape index (κ1) is 9.71. The van der Waals surface area contributed by atoms with Crippen molar-refractivity contribution in [3.63, 3.8) is 0 Å². The summed E-state index contributed by atoms with van der Waals surface area (Å²) in [5, 5.41) is 4.20. The number of aryl methyl sites for hydroxylation is 2. The maximum absolute atomic E-state index is 5.68. The lowest BCUT2D eigenvalue weighted by Crippen LogP contribution is -2.04. The number of pyridine rings is 1. The first-order chi connectivity index (χ1) is 7.16. The molecule has 0 unspecified atom stereocenters. The maximum atomic E-state index is 5.68. The van der Waals surface area contributed by atoms with Gasteiger partial charge in [0.15, 0.2) is 0 Å². The van der Waals surface area contributed by atoms with Crippen LogP contribution in [0.15, 0.2) is 24.5 Å². The average molecular weight is 202 g/mol. The van der Waals surface area contributed by atoms with Crippen LogP contribution >= 0.6 is 0 Å². The minimum Gasteiger partial charge on any atom is -0.382 e. The smallest absolute Gasteiger partial charge is 0.148 e. The fourth-order valence-electron chi connectivity index (χ4n) is 1.45. The molecular formula is C11H14N4. The highest BCUT2D eigenvalue weighted by atomic mass is 15.3. The van der Waals surface area contributed by atoms with Crippen molar-refractivity contribution in [3.05, 3.63) is 41.3 Å². The molecule has 0 amide bonds. The topological polar surface area (TPSA) is 56.7 Å². The summed E-state index contributed by atoms with van der Waals surface area (Å²) in [5.41, 5.74) is 8.88. The third-order valence-electron chi connectivity index (χ3n) is 2.41. The number of aromatic nitrogens is 3. The highest BCUT2D eigenvalue weighted by Gasteiger charge is 2.03. The van der Waals surface area contributed by atoms with E-state index in [4.69, 9.17) is 5.73 Å². The van der Waals surface area contributed by atoms with Gasteiger partial charge in [-0.25, -0.2) is 0 Å². The van der Waals surface area contributed by atoms with Crippen LogP contribution < -0.4 is 5.73 Å². The first-order valence-electron chi connectivity index (χ1n) is 4.87. The summed E-state index contributed by atoms with van der Waals surface area (Å²) in [6, 6.07) is 3.98. The van der Waals surface area contributed by atoms with Crippen molar-refractivity contribution in [2.24, 2.45) is 0 Å². The fourth-order valence-corrected chi connectivity index (χ4v) is 1.45. The summed E-state index contributed by atoms with van der Waals surface area (Å²) in [5.74, 6) is 0.587. The van der Waals surface area contributed by atoms with Crippen molar-refractivity contribution in [2.45, 2.75) is 20.4 Å². The fraction of sp³-hybridized carbons (Fsp3) is 0.273. The Hall–Kier alpha value is -1.84. The standard InChI is InChI=1S/C11H14N4/c1-8-4-3-5-13-10(8)7-15-6-9(2)11(12)14-15/h3-6H,7H2,1-2H3,(H2,12,14). The van der Waals surface area contributed by atoms with Gasteiger partial charge in [0, 0.05) is 18.0 Å². The van der Waals surface area contributed by atoms with Crippen LogP contribution in [0.2, 0.25) is 0 Å². The van der Waals surface area contributed by atoms with Crippen LogP contribution in [-0.2, 0) is 6.54 Å². The van der Waals surface area contributed by atoms with Crippen molar-refractivity contribution in [2.75, 3.05) is 5.73 Å². The van der Waals surface area contributed by atoms with E-state index in [1.807, 2.05) is 36.9 Å². The van der Waals surface area contributed by atoms with Gasteiger partial charge in [-0.05, 0) is 25.5 Å². The molecule has 4 nitrogen and oxygen atoms in total. The van der Waals surface area contributed by atoms with E-state index in [0.29, 0.717) is 12.4 Å². The lowest BCUT2D eigenvalue weighted by atomic mass is 10.2. The Labute approximate surface area is 88.8 Å². The second kappa shape index (κ2) is 3.73. The van der Waals surface area contributed by atoms with Gasteiger partial charge >= 0.3 is 0 Å². The Balaban J connectivity index is 2.26. The molecular weight excluding hydrogens is 188 g/mol. The molecule has 0 saturated carbocycles. The summed E-state index contributed by atoms with van der Waals surface area (Å²) >= 11 is 0. The normalized spacial score (nSPS) is 10.5. The minimum atomic E-state index is 0.587. The third kappa shape index (κ3) is 1.98. The molecule has 0 aliphatic carbocycles. The van der Waals surface area contributed by atoms with E-state index in [0.717, 1.165) is 11.3 Å². The maximum Gasteiger partial charge on any atom is 0.148 e. The summed E-state index contributed by atoms with van der Waals surface area (Å²) < 4.78 is 1.82. The summed E-state index contributed by atoms with van der Waals surface area (Å²) in [4.78, 5) is 4.31. The van der Waals surface area contributed by atoms with Crippen LogP contribution in [0.3, 0.4) is 0 Å². The average Bonchev–Trinajstić information content (AvgIpc) is 2.50. The molecule has 0 radical (unpaired) electrons. The van der Waals surface area contributed by atoms with E-state index in [-0.39, 0.29) is 0 Å². The zero-order valence-electron chi connectivity index (χ0n) is 8.94. The number of nitrogens with zero attached hydrogens (tertiary/aromatic N) is 3. The van der Waals surface area contributed by atoms with Crippen molar-refractivity contribution >= 4 is 5.82 Å². The van der Waals surface area contributed by atoms with E-state index >= 15 is 0 Å². The van der Waals surface area contributed by atoms with E-state index in [1.54, 1.807) is 6.20 Å². The van der Waals surface area contributed by atoms with Gasteiger partial charge in [0.2, 0.25) is 0 Å². The van der Waals surface area contributed by atoms with E-state index in [9.17, 15) is 0 Å². The van der Waals surface area contributed by atoms with Crippen molar-refractivity contribution in [1.82, 2.24) is 14.8 Å². The van der Waals surface area contributed by atoms with Gasteiger partial charge in [-0.2, -0.15) is 5.10 Å². The Morgan fingerprint density at radius 2 is 2.13 bits per heavy atom. The SMILES string of the molecule is Cc1cn(Cc2ncccc2C)nc1N. The van der Waals surface area contributed by atoms with E-state index in [2.05, 4.69) is 10.1 Å². The van der Waals surface area contributed by atoms with Gasteiger partial charge in [-0.3, -0.25) is 9.67 Å². The molecule has 2 heterocycles. The molecule has 2 aromatic rings. The van der Waals surface area contributed by atoms with Crippen LogP contribution in [0.1, 0.15) is 16.8 Å². The predicted molar refractivity (Wildman–Crippen MR) is 59.5 cm³/mol. The zero-order chi connectivity index (χ0) is 10.8. The number of nitrogen functional groups attached to an aromatic ring is 1. The van der Waals surface area contributed by atoms with E-state index in [1.165, 1.54) is 5.56 Å². The summed E-state index contributed by atoms with van der Waals surface area (Å²) in [7, 11) is 0. The van der Waals surface area contributed by atoms with Gasteiger partial charge < -0.3 is 5.73 Å². The van der Waals surface area contributed by atoms with Crippen molar-refractivity contribution in [1.29, 1.82) is 0 Å². The lowest BCUT2D eigenvalue weighted by Gasteiger charge is -2.03. The van der Waals surface area contributed by atoms with Crippen LogP contribution in [0, 0.1) is 13.8 Å². The zero-order valence-corrected chi connectivity index (χ0v) is 8.94. The van der Waals surface area contributed by atoms with Gasteiger partial charge in [0.25, 0.3) is 0 Å². The lowest BCUT2D eigenvalue weighted by molar-refractivity contribution is 0.672. The Kier molecular flexibility index (Phi) is 2.41. The largest absolute Gasteiger partial charge is 0.382 e. The molecule has 4 heteroatoms. The van der Waals surface area contributed by atoms with Crippen LogP contribution in [0.25, 0.3) is 0 Å². The molecule has 2 rings (SSSR count). The molecule has 0 saturated heterocycles. The quantitative estimate of drug-likeness (QED) is 0.803. The molecule has 0 aliphatic heterocycles. The van der Waals surface area contributed by atoms with Gasteiger partial charge in [0.05, 0.1) is 12.2 Å². The predicted octanol–water partition coefficient (Wildman–Crippen LogP) is 1.53. The number of hydrogen-bond donors (Lipinski definition) is 1. The Morgan fingerprint density at radius 1 is 1.33 bits per heavy atom. The Bertz CT molecular complexity index is 454. The molecule has 78 valence electrons. The number of nitrogens with two attached hydrogens (primary N) is 1. The first-order valence-corrected chi connectivity index (χ1v) is 4.87. The molecule has 0 aliphatic rings. The molecule has 0 bridgehead atoms. The highest BCUT2D eigenvalue weighted by molar-refractivity contribution is 5.35. The molecule has 0 atom stereocenters. The van der Waals surface area contributed by atoms with Crippen LogP contribution in [0.4, 0.5) is 5.82 Å². The molecule has 2 N–H and O–H groups in total. The minimum absolute atomic E-state index is 0.587. The molecule has 15 heavy (non-hydrogen) atoms. The van der Waals surface area contributed by atoms with Gasteiger partial charge in [-0.15, -0.1) is 0 Å². The summed E-state index contributed by atoms with van der Waals surface area (Å²) in [6.07, 6.45) is 3.73.